The van der Waals surface area contributed by atoms with Crippen LogP contribution >= 0.6 is 11.6 Å². The number of carbonyl (C=O) groups is 2. The average Bonchev–Trinajstić information content (AvgIpc) is 3.37. The molecule has 4 atom stereocenters. The summed E-state index contributed by atoms with van der Waals surface area (Å²) in [6.07, 6.45) is 3.10. The highest BCUT2D eigenvalue weighted by Crippen LogP contribution is 2.31. The zero-order chi connectivity index (χ0) is 25.8. The number of pyridine rings is 1. The third-order valence-electron chi connectivity index (χ3n) is 6.73. The van der Waals surface area contributed by atoms with Crippen molar-refractivity contribution in [2.75, 3.05) is 6.54 Å². The minimum Gasteiger partial charge on any atom is -0.380 e. The predicted molar refractivity (Wildman–Crippen MR) is 137 cm³/mol. The summed E-state index contributed by atoms with van der Waals surface area (Å²) in [5, 5.41) is 24.3. The zero-order valence-electron chi connectivity index (χ0n) is 20.0. The topological polar surface area (TPSA) is 123 Å². The number of halogens is 1. The fourth-order valence-electron chi connectivity index (χ4n) is 4.76. The van der Waals surface area contributed by atoms with Crippen molar-refractivity contribution in [3.63, 3.8) is 0 Å². The van der Waals surface area contributed by atoms with E-state index in [0.717, 1.165) is 42.4 Å². The monoisotopic (exact) mass is 511 g/mol. The van der Waals surface area contributed by atoms with E-state index in [2.05, 4.69) is 10.3 Å². The molecule has 0 spiro atoms. The van der Waals surface area contributed by atoms with Crippen LogP contribution in [0.1, 0.15) is 44.2 Å². The van der Waals surface area contributed by atoms with Gasteiger partial charge < -0.3 is 25.4 Å². The first-order chi connectivity index (χ1) is 17.2. The number of allylic oxidation sites excluding steroid dienone is 3. The van der Waals surface area contributed by atoms with E-state index in [-0.39, 0.29) is 11.6 Å². The summed E-state index contributed by atoms with van der Waals surface area (Å²) in [4.78, 5) is 41.5. The van der Waals surface area contributed by atoms with Crippen molar-refractivity contribution in [3.05, 3.63) is 81.1 Å². The van der Waals surface area contributed by atoms with Gasteiger partial charge in [-0.05, 0) is 61.4 Å². The maximum absolute atomic E-state index is 13.0. The number of amides is 2. The number of H-pyrrole nitrogens is 1. The van der Waals surface area contributed by atoms with Crippen LogP contribution < -0.4 is 10.9 Å². The van der Waals surface area contributed by atoms with Crippen molar-refractivity contribution in [2.45, 2.75) is 56.9 Å². The fourth-order valence-corrected chi connectivity index (χ4v) is 5.01. The van der Waals surface area contributed by atoms with E-state index in [1.54, 1.807) is 36.1 Å². The molecule has 1 fully saturated rings. The van der Waals surface area contributed by atoms with Crippen LogP contribution in [0.5, 0.6) is 0 Å². The van der Waals surface area contributed by atoms with Gasteiger partial charge in [-0.25, -0.2) is 0 Å². The van der Waals surface area contributed by atoms with Gasteiger partial charge in [0.25, 0.3) is 11.8 Å². The van der Waals surface area contributed by atoms with Gasteiger partial charge in [-0.2, -0.15) is 0 Å². The Kier molecular flexibility index (Phi) is 8.08. The summed E-state index contributed by atoms with van der Waals surface area (Å²) in [7, 11) is 0. The van der Waals surface area contributed by atoms with E-state index in [1.165, 1.54) is 6.07 Å². The van der Waals surface area contributed by atoms with Crippen molar-refractivity contribution < 1.29 is 19.8 Å². The number of aromatic nitrogens is 1. The number of likely N-dealkylation sites (tertiary alicyclic amines) is 1. The van der Waals surface area contributed by atoms with E-state index in [1.807, 2.05) is 24.3 Å². The average molecular weight is 512 g/mol. The van der Waals surface area contributed by atoms with Crippen LogP contribution in [0.15, 0.2) is 70.0 Å². The molecule has 0 bridgehead atoms. The van der Waals surface area contributed by atoms with Crippen molar-refractivity contribution >= 4 is 23.4 Å². The van der Waals surface area contributed by atoms with Crippen LogP contribution in [-0.2, 0) is 9.59 Å². The predicted octanol–water partition coefficient (Wildman–Crippen LogP) is 2.77. The van der Waals surface area contributed by atoms with Crippen molar-refractivity contribution in [3.8, 4) is 11.3 Å². The second-order valence-corrected chi connectivity index (χ2v) is 9.64. The number of rotatable bonds is 7. The minimum atomic E-state index is -1.90. The molecule has 0 saturated carbocycles. The van der Waals surface area contributed by atoms with Crippen molar-refractivity contribution in [2.24, 2.45) is 0 Å². The first kappa shape index (κ1) is 25.9. The van der Waals surface area contributed by atoms with Crippen LogP contribution in [0.4, 0.5) is 0 Å². The van der Waals surface area contributed by atoms with E-state index in [0.29, 0.717) is 17.3 Å². The molecule has 4 N–H and O–H groups in total. The molecule has 1 aliphatic carbocycles. The number of aliphatic hydroxyl groups is 2. The molecular weight excluding hydrogens is 482 g/mol. The Hall–Kier alpha value is -3.20. The second-order valence-electron chi connectivity index (χ2n) is 9.21. The summed E-state index contributed by atoms with van der Waals surface area (Å²) < 4.78 is 0. The van der Waals surface area contributed by atoms with E-state index in [9.17, 15) is 24.6 Å². The summed E-state index contributed by atoms with van der Waals surface area (Å²) in [5.74, 6) is -1.50. The van der Waals surface area contributed by atoms with Crippen molar-refractivity contribution in [1.82, 2.24) is 15.2 Å². The van der Waals surface area contributed by atoms with Gasteiger partial charge in [0.1, 0.15) is 0 Å². The van der Waals surface area contributed by atoms with Gasteiger partial charge in [-0.1, -0.05) is 48.0 Å². The van der Waals surface area contributed by atoms with E-state index >= 15 is 0 Å². The zero-order valence-corrected chi connectivity index (χ0v) is 20.7. The number of hydrogen-bond acceptors (Lipinski definition) is 5. The van der Waals surface area contributed by atoms with Gasteiger partial charge in [0.05, 0.1) is 12.1 Å². The Morgan fingerprint density at radius 1 is 1.14 bits per heavy atom. The molecule has 0 radical (unpaired) electrons. The smallest absolute Gasteiger partial charge is 0.255 e. The van der Waals surface area contributed by atoms with Crippen LogP contribution in [0, 0.1) is 0 Å². The standard InChI is InChI=1S/C27H30ClN3O5/c1-16(17-10-12-18(13-11-17)21-7-3-9-23(32)30-21)29-26(35)24(33)25(34)27(36)31-14-4-8-22(31)19-5-2-6-20(28)15-19/h3,6-7,9-13,15-16,22,24-25,33-34H,2,4-5,8,14H2,1H3,(H,29,35)(H,30,32)/t16-,22?,24-,25-/m1/s1. The SMILES string of the molecule is C[C@@H](NC(=O)[C@H](O)[C@@H](O)C(=O)N1CCCC1C1=CC(Cl)=CCC1)c1ccc(-c2cccc(=O)[nH]2)cc1. The first-order valence-corrected chi connectivity index (χ1v) is 12.4. The van der Waals surface area contributed by atoms with Gasteiger partial charge in [0, 0.05) is 23.3 Å². The van der Waals surface area contributed by atoms with E-state index in [4.69, 9.17) is 11.6 Å². The Bertz CT molecular complexity index is 1240. The van der Waals surface area contributed by atoms with Crippen LogP contribution in [0.25, 0.3) is 11.3 Å². The Balaban J connectivity index is 1.37. The quantitative estimate of drug-likeness (QED) is 0.455. The first-order valence-electron chi connectivity index (χ1n) is 12.1. The molecule has 1 saturated heterocycles. The lowest BCUT2D eigenvalue weighted by Crippen LogP contribution is -2.52. The highest BCUT2D eigenvalue weighted by atomic mass is 35.5. The number of aromatic amines is 1. The number of carbonyl (C=O) groups excluding carboxylic acids is 2. The van der Waals surface area contributed by atoms with Crippen LogP contribution in [0.2, 0.25) is 0 Å². The highest BCUT2D eigenvalue weighted by Gasteiger charge is 2.39. The minimum absolute atomic E-state index is 0.193. The summed E-state index contributed by atoms with van der Waals surface area (Å²) in [6.45, 7) is 2.19. The number of benzene rings is 1. The molecule has 1 unspecified atom stereocenters. The molecule has 1 aromatic carbocycles. The third-order valence-corrected chi connectivity index (χ3v) is 6.99. The van der Waals surface area contributed by atoms with Crippen molar-refractivity contribution in [1.29, 1.82) is 0 Å². The largest absolute Gasteiger partial charge is 0.380 e. The highest BCUT2D eigenvalue weighted by molar-refractivity contribution is 6.31. The Labute approximate surface area is 214 Å². The summed E-state index contributed by atoms with van der Waals surface area (Å²) in [5.41, 5.74) is 3.06. The molecule has 190 valence electrons. The molecule has 2 heterocycles. The van der Waals surface area contributed by atoms with Gasteiger partial charge in [-0.3, -0.25) is 14.4 Å². The molecule has 1 aliphatic heterocycles. The molecular formula is C27H30ClN3O5. The van der Waals surface area contributed by atoms with Crippen LogP contribution in [0.3, 0.4) is 0 Å². The molecule has 1 aromatic heterocycles. The third kappa shape index (κ3) is 5.78. The molecule has 36 heavy (non-hydrogen) atoms. The van der Waals surface area contributed by atoms with Gasteiger partial charge in [0.15, 0.2) is 12.2 Å². The lowest BCUT2D eigenvalue weighted by molar-refractivity contribution is -0.153. The Morgan fingerprint density at radius 3 is 2.58 bits per heavy atom. The van der Waals surface area contributed by atoms with E-state index < -0.39 is 30.1 Å². The number of hydrogen-bond donors (Lipinski definition) is 4. The van der Waals surface area contributed by atoms with Crippen LogP contribution in [-0.4, -0.2) is 56.7 Å². The molecule has 2 aliphatic rings. The maximum Gasteiger partial charge on any atom is 0.255 e. The lowest BCUT2D eigenvalue weighted by Gasteiger charge is -2.31. The molecule has 2 amide bonds. The normalized spacial score (nSPS) is 20.2. The summed E-state index contributed by atoms with van der Waals surface area (Å²) in [6, 6.07) is 11.4. The number of nitrogens with zero attached hydrogens (tertiary/aromatic N) is 1. The maximum atomic E-state index is 13.0. The molecule has 4 rings (SSSR count). The Morgan fingerprint density at radius 2 is 1.89 bits per heavy atom. The number of nitrogens with one attached hydrogen (secondary N) is 2. The molecule has 8 nitrogen and oxygen atoms in total. The number of aliphatic hydroxyl groups excluding tert-OH is 2. The van der Waals surface area contributed by atoms with Gasteiger partial charge in [-0.15, -0.1) is 0 Å². The molecule has 9 heteroatoms. The molecule has 2 aromatic rings. The van der Waals surface area contributed by atoms with Gasteiger partial charge in [0.2, 0.25) is 5.56 Å². The summed E-state index contributed by atoms with van der Waals surface area (Å²) >= 11 is 6.14. The fraction of sp³-hybridized carbons (Fsp3) is 0.370. The second kappa shape index (κ2) is 11.2. The lowest BCUT2D eigenvalue weighted by atomic mass is 9.95. The van der Waals surface area contributed by atoms with Gasteiger partial charge >= 0.3 is 0 Å².